The Hall–Kier alpha value is -3.30. The van der Waals surface area contributed by atoms with Gasteiger partial charge in [-0.1, -0.05) is 0 Å². The third kappa shape index (κ3) is 6.57. The first-order valence-electron chi connectivity index (χ1n) is 13.5. The van der Waals surface area contributed by atoms with Crippen molar-refractivity contribution in [2.45, 2.75) is 71.1 Å². The summed E-state index contributed by atoms with van der Waals surface area (Å²) in [5.41, 5.74) is 1.57. The highest BCUT2D eigenvalue weighted by Crippen LogP contribution is 2.34. The van der Waals surface area contributed by atoms with Crippen LogP contribution in [0.2, 0.25) is 0 Å². The van der Waals surface area contributed by atoms with Crippen LogP contribution in [0.4, 0.5) is 10.5 Å². The van der Waals surface area contributed by atoms with Gasteiger partial charge in [-0.15, -0.1) is 0 Å². The molecule has 0 spiro atoms. The summed E-state index contributed by atoms with van der Waals surface area (Å²) in [6.45, 7) is 8.78. The number of benzene rings is 1. The van der Waals surface area contributed by atoms with Gasteiger partial charge >= 0.3 is 12.1 Å². The maximum absolute atomic E-state index is 13.3. The molecule has 0 aliphatic carbocycles. The van der Waals surface area contributed by atoms with Gasteiger partial charge in [0.15, 0.2) is 0 Å². The molecule has 4 rings (SSSR count). The van der Waals surface area contributed by atoms with Crippen LogP contribution >= 0.6 is 0 Å². The second-order valence-corrected chi connectivity index (χ2v) is 11.8. The van der Waals surface area contributed by atoms with Gasteiger partial charge in [0.25, 0.3) is 5.91 Å². The first-order valence-corrected chi connectivity index (χ1v) is 13.5. The largest absolute Gasteiger partial charge is 0.481 e. The van der Waals surface area contributed by atoms with Crippen LogP contribution in [-0.2, 0) is 20.9 Å². The molecule has 10 nitrogen and oxygen atoms in total. The molecule has 2 fully saturated rings. The monoisotopic (exact) mass is 528 g/mol. The Morgan fingerprint density at radius 3 is 2.13 bits per heavy atom. The number of rotatable bonds is 4. The molecule has 38 heavy (non-hydrogen) atoms. The molecule has 10 heteroatoms. The molecule has 2 N–H and O–H groups in total. The minimum Gasteiger partial charge on any atom is -0.481 e. The number of carboxylic acids is 1. The first kappa shape index (κ1) is 27.7. The fraction of sp³-hybridized carbons (Fsp3) is 0.643. The van der Waals surface area contributed by atoms with Crippen molar-refractivity contribution in [1.82, 2.24) is 14.7 Å². The number of likely N-dealkylation sites (N-methyl/N-ethyl adjacent to an activating group) is 1. The van der Waals surface area contributed by atoms with Crippen LogP contribution in [0.25, 0.3) is 0 Å². The molecule has 0 radical (unpaired) electrons. The van der Waals surface area contributed by atoms with Gasteiger partial charge in [0, 0.05) is 51.0 Å². The van der Waals surface area contributed by atoms with E-state index in [9.17, 15) is 19.2 Å². The van der Waals surface area contributed by atoms with E-state index in [0.29, 0.717) is 55.8 Å². The van der Waals surface area contributed by atoms with Gasteiger partial charge in [0.1, 0.15) is 11.6 Å². The van der Waals surface area contributed by atoms with Crippen molar-refractivity contribution in [2.24, 2.45) is 11.8 Å². The highest BCUT2D eigenvalue weighted by atomic mass is 16.6. The van der Waals surface area contributed by atoms with Crippen molar-refractivity contribution in [3.05, 3.63) is 29.3 Å². The zero-order valence-electron chi connectivity index (χ0n) is 22.9. The molecule has 3 aliphatic rings. The van der Waals surface area contributed by atoms with Crippen molar-refractivity contribution < 1.29 is 29.0 Å². The maximum atomic E-state index is 13.3. The number of nitrogens with one attached hydrogen (secondary N) is 1. The summed E-state index contributed by atoms with van der Waals surface area (Å²) >= 11 is 0. The van der Waals surface area contributed by atoms with Crippen molar-refractivity contribution in [3.63, 3.8) is 0 Å². The average molecular weight is 529 g/mol. The topological polar surface area (TPSA) is 119 Å². The van der Waals surface area contributed by atoms with Gasteiger partial charge in [0.2, 0.25) is 5.91 Å². The van der Waals surface area contributed by atoms with E-state index >= 15 is 0 Å². The summed E-state index contributed by atoms with van der Waals surface area (Å²) < 4.78 is 5.51. The number of piperidine rings is 2. The Labute approximate surface area is 224 Å². The van der Waals surface area contributed by atoms with Gasteiger partial charge < -0.3 is 29.9 Å². The molecule has 1 aromatic rings. The zero-order chi connectivity index (χ0) is 27.6. The van der Waals surface area contributed by atoms with Crippen LogP contribution in [0, 0.1) is 11.8 Å². The Balaban J connectivity index is 1.31. The first-order chi connectivity index (χ1) is 17.9. The van der Waals surface area contributed by atoms with Crippen molar-refractivity contribution >= 4 is 29.6 Å². The number of anilines is 1. The second-order valence-electron chi connectivity index (χ2n) is 11.8. The van der Waals surface area contributed by atoms with Crippen LogP contribution in [0.3, 0.4) is 0 Å². The molecule has 208 valence electrons. The van der Waals surface area contributed by atoms with Gasteiger partial charge in [0.05, 0.1) is 6.42 Å². The fourth-order valence-corrected chi connectivity index (χ4v) is 5.80. The van der Waals surface area contributed by atoms with Crippen molar-refractivity contribution in [2.75, 3.05) is 38.5 Å². The molecular formula is C28H40N4O6. The summed E-state index contributed by atoms with van der Waals surface area (Å²) in [6.07, 6.45) is 3.28. The molecule has 3 amide bonds. The standard InChI is InChI=1S/C28H40N4O6/c1-28(2,3)38-27(37)32-13-9-19(10-14-32)18-7-11-31(12-8-18)25(35)20-5-6-22-21(15-20)17-30(4)26(36)23(29-22)16-24(33)34/h5-6,15,18-19,23,29H,7-14,16-17H2,1-4H3,(H,33,34). The SMILES string of the molecule is CN1Cc2cc(C(=O)N3CCC(C4CCN(C(=O)OC(C)(C)C)CC4)CC3)ccc2NC(CC(=O)O)C1=O. The minimum absolute atomic E-state index is 0.0219. The molecule has 1 unspecified atom stereocenters. The molecule has 3 heterocycles. The third-order valence-corrected chi connectivity index (χ3v) is 7.83. The third-order valence-electron chi connectivity index (χ3n) is 7.83. The van der Waals surface area contributed by atoms with E-state index in [4.69, 9.17) is 9.84 Å². The molecule has 1 aromatic carbocycles. The number of carbonyl (C=O) groups excluding carboxylic acids is 3. The number of likely N-dealkylation sites (tertiary alicyclic amines) is 2. The molecule has 0 bridgehead atoms. The number of carbonyl (C=O) groups is 4. The molecule has 0 saturated carbocycles. The molecule has 3 aliphatic heterocycles. The predicted octanol–water partition coefficient (Wildman–Crippen LogP) is 3.41. The normalized spacial score (nSPS) is 21.4. The number of ether oxygens (including phenoxy) is 1. The maximum Gasteiger partial charge on any atom is 0.410 e. The number of aliphatic carboxylic acids is 1. The quantitative estimate of drug-likeness (QED) is 0.615. The molecule has 1 atom stereocenters. The van der Waals surface area contributed by atoms with Crippen LogP contribution in [-0.4, -0.2) is 88.6 Å². The number of amides is 3. The number of hydrogen-bond acceptors (Lipinski definition) is 6. The Morgan fingerprint density at radius 1 is 1.00 bits per heavy atom. The van der Waals surface area contributed by atoms with Crippen LogP contribution in [0.5, 0.6) is 0 Å². The van der Waals surface area contributed by atoms with E-state index in [2.05, 4.69) is 5.32 Å². The molecular weight excluding hydrogens is 488 g/mol. The van der Waals surface area contributed by atoms with E-state index < -0.39 is 17.6 Å². The summed E-state index contributed by atoms with van der Waals surface area (Å²) in [5, 5.41) is 12.2. The van der Waals surface area contributed by atoms with E-state index in [-0.39, 0.29) is 24.3 Å². The lowest BCUT2D eigenvalue weighted by molar-refractivity contribution is -0.141. The average Bonchev–Trinajstić information content (AvgIpc) is 2.98. The van der Waals surface area contributed by atoms with E-state index in [1.807, 2.05) is 36.6 Å². The number of carboxylic acid groups (broad SMARTS) is 1. The van der Waals surface area contributed by atoms with Gasteiger partial charge in [-0.2, -0.15) is 0 Å². The summed E-state index contributed by atoms with van der Waals surface area (Å²) in [4.78, 5) is 54.7. The van der Waals surface area contributed by atoms with Gasteiger partial charge in [-0.25, -0.2) is 4.79 Å². The molecule has 2 saturated heterocycles. The number of hydrogen-bond donors (Lipinski definition) is 2. The Bertz CT molecular complexity index is 1070. The zero-order valence-corrected chi connectivity index (χ0v) is 22.9. The highest BCUT2D eigenvalue weighted by molar-refractivity contribution is 5.96. The van der Waals surface area contributed by atoms with E-state index in [1.54, 1.807) is 19.2 Å². The second kappa shape index (κ2) is 11.2. The lowest BCUT2D eigenvalue weighted by Gasteiger charge is -2.40. The Kier molecular flexibility index (Phi) is 8.18. The number of fused-ring (bicyclic) bond motifs is 1. The van der Waals surface area contributed by atoms with Gasteiger partial charge in [-0.05, 0) is 82.1 Å². The summed E-state index contributed by atoms with van der Waals surface area (Å²) in [5.74, 6) is -0.253. The fourth-order valence-electron chi connectivity index (χ4n) is 5.80. The smallest absolute Gasteiger partial charge is 0.410 e. The van der Waals surface area contributed by atoms with Gasteiger partial charge in [-0.3, -0.25) is 14.4 Å². The van der Waals surface area contributed by atoms with E-state index in [0.717, 1.165) is 31.2 Å². The van der Waals surface area contributed by atoms with Crippen LogP contribution in [0.15, 0.2) is 18.2 Å². The van der Waals surface area contributed by atoms with Crippen LogP contribution in [0.1, 0.15) is 68.8 Å². The summed E-state index contributed by atoms with van der Waals surface area (Å²) in [7, 11) is 1.64. The lowest BCUT2D eigenvalue weighted by Crippen LogP contribution is -2.45. The predicted molar refractivity (Wildman–Crippen MR) is 142 cm³/mol. The van der Waals surface area contributed by atoms with Crippen LogP contribution < -0.4 is 5.32 Å². The highest BCUT2D eigenvalue weighted by Gasteiger charge is 2.34. The lowest BCUT2D eigenvalue weighted by atomic mass is 9.79. The van der Waals surface area contributed by atoms with E-state index in [1.165, 1.54) is 4.90 Å². The van der Waals surface area contributed by atoms with Crippen molar-refractivity contribution in [3.8, 4) is 0 Å². The Morgan fingerprint density at radius 2 is 1.58 bits per heavy atom. The number of nitrogens with zero attached hydrogens (tertiary/aromatic N) is 3. The minimum atomic E-state index is -1.04. The molecule has 0 aromatic heterocycles. The van der Waals surface area contributed by atoms with Crippen molar-refractivity contribution in [1.29, 1.82) is 0 Å². The summed E-state index contributed by atoms with van der Waals surface area (Å²) in [6, 6.07) is 4.50.